The lowest BCUT2D eigenvalue weighted by molar-refractivity contribution is -0.261. The standard InChI is InChI=1S/C7H11F6N3/c1-2-3-15-5(16-14)4(6(8,9)10)7(11,12)13/h4H,2-3,14H2,1H3,(H,15,16). The summed E-state index contributed by atoms with van der Waals surface area (Å²) >= 11 is 0. The van der Waals surface area contributed by atoms with E-state index in [2.05, 4.69) is 10.8 Å². The van der Waals surface area contributed by atoms with E-state index in [1.807, 2.05) is 0 Å². The highest BCUT2D eigenvalue weighted by atomic mass is 19.4. The van der Waals surface area contributed by atoms with Gasteiger partial charge in [0.2, 0.25) is 5.92 Å². The lowest BCUT2D eigenvalue weighted by atomic mass is 10.1. The van der Waals surface area contributed by atoms with Gasteiger partial charge in [-0.1, -0.05) is 6.92 Å². The first-order valence-corrected chi connectivity index (χ1v) is 4.29. The molecule has 0 heterocycles. The fourth-order valence-corrected chi connectivity index (χ4v) is 0.948. The number of hydrogen-bond acceptors (Lipinski definition) is 2. The van der Waals surface area contributed by atoms with Crippen LogP contribution < -0.4 is 11.3 Å². The lowest BCUT2D eigenvalue weighted by Gasteiger charge is -2.23. The number of nitrogens with zero attached hydrogens (tertiary/aromatic N) is 1. The van der Waals surface area contributed by atoms with Crippen LogP contribution in [-0.2, 0) is 0 Å². The second-order valence-electron chi connectivity index (χ2n) is 2.93. The van der Waals surface area contributed by atoms with Gasteiger partial charge in [0, 0.05) is 6.54 Å². The number of halogens is 6. The van der Waals surface area contributed by atoms with Gasteiger partial charge in [-0.3, -0.25) is 4.99 Å². The van der Waals surface area contributed by atoms with Gasteiger partial charge in [0.25, 0.3) is 0 Å². The van der Waals surface area contributed by atoms with Gasteiger partial charge in [-0.05, 0) is 6.42 Å². The summed E-state index contributed by atoms with van der Waals surface area (Å²) in [5.41, 5.74) is 1.36. The number of rotatable bonds is 3. The highest BCUT2D eigenvalue weighted by Gasteiger charge is 2.59. The Morgan fingerprint density at radius 1 is 1.19 bits per heavy atom. The Bertz CT molecular complexity index is 229. The molecule has 0 atom stereocenters. The van der Waals surface area contributed by atoms with E-state index in [1.165, 1.54) is 5.43 Å². The molecular formula is C7H11F6N3. The number of aliphatic imine (C=N–C) groups is 1. The molecule has 0 aromatic carbocycles. The van der Waals surface area contributed by atoms with Crippen LogP contribution in [0.3, 0.4) is 0 Å². The second-order valence-corrected chi connectivity index (χ2v) is 2.93. The first-order valence-electron chi connectivity index (χ1n) is 4.29. The predicted octanol–water partition coefficient (Wildman–Crippen LogP) is 2.00. The van der Waals surface area contributed by atoms with Crippen molar-refractivity contribution in [3.8, 4) is 0 Å². The van der Waals surface area contributed by atoms with E-state index in [1.54, 1.807) is 6.92 Å². The molecule has 0 unspecified atom stereocenters. The molecule has 9 heteroatoms. The lowest BCUT2D eigenvalue weighted by Crippen LogP contribution is -2.50. The Hall–Kier alpha value is -0.990. The Labute approximate surface area is 87.7 Å². The van der Waals surface area contributed by atoms with Crippen molar-refractivity contribution >= 4 is 5.84 Å². The summed E-state index contributed by atoms with van der Waals surface area (Å²) in [5, 5.41) is 0. The van der Waals surface area contributed by atoms with Crippen LogP contribution in [-0.4, -0.2) is 24.7 Å². The van der Waals surface area contributed by atoms with Crippen LogP contribution >= 0.6 is 0 Å². The molecule has 3 N–H and O–H groups in total. The molecule has 96 valence electrons. The molecule has 0 radical (unpaired) electrons. The van der Waals surface area contributed by atoms with Crippen LogP contribution in [0.1, 0.15) is 13.3 Å². The molecule has 0 rings (SSSR count). The molecule has 0 amide bonds. The predicted molar refractivity (Wildman–Crippen MR) is 45.5 cm³/mol. The third-order valence-corrected chi connectivity index (χ3v) is 1.58. The Morgan fingerprint density at radius 3 is 1.88 bits per heavy atom. The minimum atomic E-state index is -5.48. The molecule has 0 aliphatic carbocycles. The van der Waals surface area contributed by atoms with Crippen molar-refractivity contribution in [1.29, 1.82) is 0 Å². The average molecular weight is 251 g/mol. The quantitative estimate of drug-likeness (QED) is 0.265. The van der Waals surface area contributed by atoms with Gasteiger partial charge in [-0.2, -0.15) is 26.3 Å². The van der Waals surface area contributed by atoms with Crippen LogP contribution in [0.2, 0.25) is 0 Å². The average Bonchev–Trinajstić information content (AvgIpc) is 2.07. The van der Waals surface area contributed by atoms with Gasteiger partial charge in [-0.25, -0.2) is 5.84 Å². The molecule has 3 nitrogen and oxygen atoms in total. The minimum Gasteiger partial charge on any atom is -0.311 e. The van der Waals surface area contributed by atoms with Crippen molar-refractivity contribution < 1.29 is 26.3 Å². The second kappa shape index (κ2) is 5.37. The summed E-state index contributed by atoms with van der Waals surface area (Å²) in [6.07, 6.45) is -10.6. The maximum Gasteiger partial charge on any atom is 0.407 e. The molecule has 0 saturated heterocycles. The maximum atomic E-state index is 12.2. The van der Waals surface area contributed by atoms with Crippen LogP contribution in [0.5, 0.6) is 0 Å². The van der Waals surface area contributed by atoms with Crippen LogP contribution in [0.25, 0.3) is 0 Å². The van der Waals surface area contributed by atoms with E-state index >= 15 is 0 Å². The molecule has 0 aliphatic heterocycles. The van der Waals surface area contributed by atoms with E-state index in [9.17, 15) is 26.3 Å². The largest absolute Gasteiger partial charge is 0.407 e. The van der Waals surface area contributed by atoms with E-state index in [-0.39, 0.29) is 6.54 Å². The van der Waals surface area contributed by atoms with Crippen LogP contribution in [0.4, 0.5) is 26.3 Å². The monoisotopic (exact) mass is 251 g/mol. The van der Waals surface area contributed by atoms with Gasteiger partial charge in [0.05, 0.1) is 0 Å². The van der Waals surface area contributed by atoms with Gasteiger partial charge in [0.1, 0.15) is 5.84 Å². The SMILES string of the molecule is CCCN=C(NN)C(C(F)(F)F)C(F)(F)F. The van der Waals surface area contributed by atoms with Crippen molar-refractivity contribution in [2.24, 2.45) is 16.8 Å². The van der Waals surface area contributed by atoms with Gasteiger partial charge >= 0.3 is 12.4 Å². The van der Waals surface area contributed by atoms with Crippen molar-refractivity contribution in [2.45, 2.75) is 25.7 Å². The highest BCUT2D eigenvalue weighted by molar-refractivity contribution is 5.85. The number of alkyl halides is 6. The Balaban J connectivity index is 5.17. The molecule has 16 heavy (non-hydrogen) atoms. The number of amidine groups is 1. The van der Waals surface area contributed by atoms with Crippen molar-refractivity contribution in [3.05, 3.63) is 0 Å². The summed E-state index contributed by atoms with van der Waals surface area (Å²) in [7, 11) is 0. The van der Waals surface area contributed by atoms with Crippen molar-refractivity contribution in [1.82, 2.24) is 5.43 Å². The van der Waals surface area contributed by atoms with Gasteiger partial charge in [0.15, 0.2) is 0 Å². The molecule has 0 aromatic heterocycles. The fraction of sp³-hybridized carbons (Fsp3) is 0.857. The molecule has 0 saturated carbocycles. The molecule has 0 aromatic rings. The molecule has 0 fully saturated rings. The Morgan fingerprint density at radius 2 is 1.62 bits per heavy atom. The van der Waals surface area contributed by atoms with E-state index in [0.29, 0.717) is 6.42 Å². The zero-order valence-corrected chi connectivity index (χ0v) is 8.28. The summed E-state index contributed by atoms with van der Waals surface area (Å²) in [4.78, 5) is 3.13. The van der Waals surface area contributed by atoms with Gasteiger partial charge < -0.3 is 5.43 Å². The fourth-order valence-electron chi connectivity index (χ4n) is 0.948. The van der Waals surface area contributed by atoms with Gasteiger partial charge in [-0.15, -0.1) is 0 Å². The topological polar surface area (TPSA) is 50.4 Å². The van der Waals surface area contributed by atoms with E-state index < -0.39 is 24.1 Å². The summed E-state index contributed by atoms with van der Waals surface area (Å²) in [6.45, 7) is 1.40. The van der Waals surface area contributed by atoms with E-state index in [0.717, 1.165) is 0 Å². The third-order valence-electron chi connectivity index (χ3n) is 1.58. The van der Waals surface area contributed by atoms with E-state index in [4.69, 9.17) is 0 Å². The minimum absolute atomic E-state index is 0.164. The molecule has 0 bridgehead atoms. The molecule has 0 spiro atoms. The summed E-state index contributed by atoms with van der Waals surface area (Å²) in [6, 6.07) is 0. The third kappa shape index (κ3) is 4.25. The normalized spacial score (nSPS) is 14.4. The molecule has 0 aliphatic rings. The Kier molecular flexibility index (Phi) is 5.04. The first kappa shape index (κ1) is 15.0. The number of hydrogen-bond donors (Lipinski definition) is 2. The summed E-state index contributed by atoms with van der Waals surface area (Å²) < 4.78 is 73.1. The summed E-state index contributed by atoms with van der Waals surface area (Å²) in [5.74, 6) is -0.361. The number of hydrazine groups is 1. The van der Waals surface area contributed by atoms with Crippen LogP contribution in [0, 0.1) is 5.92 Å². The zero-order chi connectivity index (χ0) is 13.0. The highest BCUT2D eigenvalue weighted by Crippen LogP contribution is 2.39. The van der Waals surface area contributed by atoms with Crippen molar-refractivity contribution in [3.63, 3.8) is 0 Å². The maximum absolute atomic E-state index is 12.2. The molecular weight excluding hydrogens is 240 g/mol. The zero-order valence-electron chi connectivity index (χ0n) is 8.28. The van der Waals surface area contributed by atoms with Crippen molar-refractivity contribution in [2.75, 3.05) is 6.54 Å². The first-order chi connectivity index (χ1) is 7.14. The number of nitrogens with two attached hydrogens (primary N) is 1. The van der Waals surface area contributed by atoms with Crippen LogP contribution in [0.15, 0.2) is 4.99 Å². The number of nitrogens with one attached hydrogen (secondary N) is 1. The smallest absolute Gasteiger partial charge is 0.311 e.